The molecule has 0 aromatic heterocycles. The summed E-state index contributed by atoms with van der Waals surface area (Å²) in [6, 6.07) is 7.94. The largest absolute Gasteiger partial charge is 0.364 e. The summed E-state index contributed by atoms with van der Waals surface area (Å²) in [5, 5.41) is 8.84. The molecule has 0 heterocycles. The first-order chi connectivity index (χ1) is 10.9. The third-order valence-corrected chi connectivity index (χ3v) is 5.86. The molecule has 23 heavy (non-hydrogen) atoms. The summed E-state index contributed by atoms with van der Waals surface area (Å²) < 4.78 is 0. The van der Waals surface area contributed by atoms with E-state index in [-0.39, 0.29) is 0 Å². The van der Waals surface area contributed by atoms with Crippen molar-refractivity contribution in [1.29, 1.82) is 0 Å². The Labute approximate surface area is 148 Å². The van der Waals surface area contributed by atoms with E-state index in [4.69, 9.17) is 23.8 Å². The van der Waals surface area contributed by atoms with Gasteiger partial charge in [0.15, 0.2) is 5.11 Å². The highest BCUT2D eigenvalue weighted by molar-refractivity contribution is 7.80. The maximum atomic E-state index is 5.98. The molecule has 0 radical (unpaired) electrons. The molecule has 4 rings (SSSR count). The number of hydrogen-bond acceptors (Lipinski definition) is 2. The van der Waals surface area contributed by atoms with Crippen LogP contribution in [0.5, 0.6) is 0 Å². The quantitative estimate of drug-likeness (QED) is 0.620. The molecular formula is C18H22ClN3S. The molecule has 0 aliphatic heterocycles. The van der Waals surface area contributed by atoms with Crippen LogP contribution < -0.4 is 10.7 Å². The first kappa shape index (κ1) is 16.5. The van der Waals surface area contributed by atoms with Gasteiger partial charge in [0.1, 0.15) is 0 Å². The standard InChI is InChI=1S/C18H22ClN3S/c1-18(2)13-9-12(8-11-4-6-14(19)7-5-11)16(15(18)10-13)21-22-17(23)20-3/h4-8,13,15H,9-10H2,1-3H3,(H2,20,22,23)/b12-8+,21-16+. The van der Waals surface area contributed by atoms with E-state index < -0.39 is 0 Å². The molecule has 0 spiro atoms. The minimum Gasteiger partial charge on any atom is -0.364 e. The molecular weight excluding hydrogens is 326 g/mol. The molecule has 2 unspecified atom stereocenters. The molecule has 0 amide bonds. The summed E-state index contributed by atoms with van der Waals surface area (Å²) in [6.07, 6.45) is 4.52. The van der Waals surface area contributed by atoms with Crippen molar-refractivity contribution in [2.75, 3.05) is 7.05 Å². The second-order valence-electron chi connectivity index (χ2n) is 6.92. The molecule has 5 heteroatoms. The van der Waals surface area contributed by atoms with Gasteiger partial charge in [0, 0.05) is 18.0 Å². The van der Waals surface area contributed by atoms with Crippen molar-refractivity contribution < 1.29 is 0 Å². The van der Waals surface area contributed by atoms with Crippen LogP contribution in [0.15, 0.2) is 34.9 Å². The van der Waals surface area contributed by atoms with E-state index in [9.17, 15) is 0 Å². The maximum absolute atomic E-state index is 5.98. The van der Waals surface area contributed by atoms with Gasteiger partial charge in [-0.1, -0.05) is 37.6 Å². The third-order valence-electron chi connectivity index (χ3n) is 5.31. The molecule has 1 aromatic carbocycles. The molecule has 3 fully saturated rings. The highest BCUT2D eigenvalue weighted by Crippen LogP contribution is 2.59. The van der Waals surface area contributed by atoms with Crippen LogP contribution in [0.4, 0.5) is 0 Å². The Morgan fingerprint density at radius 2 is 2.04 bits per heavy atom. The zero-order valence-corrected chi connectivity index (χ0v) is 15.3. The highest BCUT2D eigenvalue weighted by atomic mass is 35.5. The van der Waals surface area contributed by atoms with Crippen molar-refractivity contribution in [2.45, 2.75) is 26.7 Å². The predicted octanol–water partition coefficient (Wildman–Crippen LogP) is 4.24. The second kappa shape index (κ2) is 6.25. The molecule has 1 aromatic rings. The topological polar surface area (TPSA) is 36.4 Å². The van der Waals surface area contributed by atoms with Crippen molar-refractivity contribution in [3.05, 3.63) is 40.4 Å². The molecule has 3 nitrogen and oxygen atoms in total. The van der Waals surface area contributed by atoms with Crippen LogP contribution >= 0.6 is 23.8 Å². The Morgan fingerprint density at radius 3 is 2.65 bits per heavy atom. The number of nitrogens with zero attached hydrogens (tertiary/aromatic N) is 1. The minimum atomic E-state index is 0.319. The summed E-state index contributed by atoms with van der Waals surface area (Å²) in [7, 11) is 1.80. The van der Waals surface area contributed by atoms with E-state index in [2.05, 4.69) is 35.8 Å². The lowest BCUT2D eigenvalue weighted by Crippen LogP contribution is -2.54. The van der Waals surface area contributed by atoms with Crippen molar-refractivity contribution in [1.82, 2.24) is 10.7 Å². The van der Waals surface area contributed by atoms with Gasteiger partial charge in [0.2, 0.25) is 0 Å². The van der Waals surface area contributed by atoms with E-state index in [0.717, 1.165) is 28.6 Å². The van der Waals surface area contributed by atoms with Gasteiger partial charge in [-0.05, 0) is 65.7 Å². The van der Waals surface area contributed by atoms with Crippen LogP contribution in [0.3, 0.4) is 0 Å². The first-order valence-electron chi connectivity index (χ1n) is 7.93. The Kier molecular flexibility index (Phi) is 4.47. The Bertz CT molecular complexity index is 676. The smallest absolute Gasteiger partial charge is 0.186 e. The number of thiocarbonyl (C=S) groups is 1. The summed E-state index contributed by atoms with van der Waals surface area (Å²) in [4.78, 5) is 0. The zero-order chi connectivity index (χ0) is 16.6. The lowest BCUT2D eigenvalue weighted by molar-refractivity contribution is 0.0141. The van der Waals surface area contributed by atoms with Crippen LogP contribution in [0.1, 0.15) is 32.3 Å². The van der Waals surface area contributed by atoms with E-state index in [1.54, 1.807) is 7.05 Å². The van der Waals surface area contributed by atoms with E-state index in [1.807, 2.05) is 24.3 Å². The maximum Gasteiger partial charge on any atom is 0.186 e. The number of halogens is 1. The van der Waals surface area contributed by atoms with E-state index >= 15 is 0 Å². The van der Waals surface area contributed by atoms with Gasteiger partial charge < -0.3 is 5.32 Å². The number of benzene rings is 1. The first-order valence-corrected chi connectivity index (χ1v) is 8.72. The van der Waals surface area contributed by atoms with Gasteiger partial charge in [-0.2, -0.15) is 5.10 Å². The normalized spacial score (nSPS) is 28.3. The molecule has 2 atom stereocenters. The summed E-state index contributed by atoms with van der Waals surface area (Å²) in [5.74, 6) is 1.23. The van der Waals surface area contributed by atoms with Crippen molar-refractivity contribution >= 4 is 40.7 Å². The average Bonchev–Trinajstić information content (AvgIpc) is 2.54. The lowest BCUT2D eigenvalue weighted by Gasteiger charge is -2.57. The number of hydrogen-bond donors (Lipinski definition) is 2. The zero-order valence-electron chi connectivity index (χ0n) is 13.7. The fraction of sp³-hybridized carbons (Fsp3) is 0.444. The SMILES string of the molecule is CNC(=S)N/N=C1\C(=C\c2ccc(Cl)cc2)CC2CC1C2(C)C. The van der Waals surface area contributed by atoms with Gasteiger partial charge in [0.25, 0.3) is 0 Å². The monoisotopic (exact) mass is 347 g/mol. The van der Waals surface area contributed by atoms with E-state index in [0.29, 0.717) is 16.4 Å². The minimum absolute atomic E-state index is 0.319. The molecule has 3 saturated carbocycles. The van der Waals surface area contributed by atoms with Crippen molar-refractivity contribution in [3.8, 4) is 0 Å². The molecule has 3 aliphatic rings. The summed E-state index contributed by atoms with van der Waals surface area (Å²) in [5.41, 5.74) is 6.89. The lowest BCUT2D eigenvalue weighted by atomic mass is 9.47. The van der Waals surface area contributed by atoms with Crippen LogP contribution in [0.2, 0.25) is 5.02 Å². The molecule has 3 aliphatic carbocycles. The highest BCUT2D eigenvalue weighted by Gasteiger charge is 2.54. The average molecular weight is 348 g/mol. The summed E-state index contributed by atoms with van der Waals surface area (Å²) >= 11 is 11.1. The number of nitrogens with one attached hydrogen (secondary N) is 2. The Balaban J connectivity index is 1.91. The fourth-order valence-corrected chi connectivity index (χ4v) is 3.80. The number of allylic oxidation sites excluding steroid dienone is 1. The Hall–Kier alpha value is -1.39. The molecule has 122 valence electrons. The number of rotatable bonds is 2. The van der Waals surface area contributed by atoms with Crippen molar-refractivity contribution in [2.24, 2.45) is 22.4 Å². The van der Waals surface area contributed by atoms with Gasteiger partial charge in [-0.3, -0.25) is 5.43 Å². The van der Waals surface area contributed by atoms with Gasteiger partial charge in [0.05, 0.1) is 5.71 Å². The van der Waals surface area contributed by atoms with Crippen LogP contribution in [0.25, 0.3) is 6.08 Å². The third kappa shape index (κ3) is 3.15. The second-order valence-corrected chi connectivity index (χ2v) is 7.76. The molecule has 0 saturated heterocycles. The fourth-order valence-electron chi connectivity index (χ4n) is 3.63. The Morgan fingerprint density at radius 1 is 1.35 bits per heavy atom. The van der Waals surface area contributed by atoms with Crippen LogP contribution in [0, 0.1) is 17.3 Å². The van der Waals surface area contributed by atoms with Gasteiger partial charge in [-0.25, -0.2) is 0 Å². The summed E-state index contributed by atoms with van der Waals surface area (Å²) in [6.45, 7) is 4.69. The number of fused-ring (bicyclic) bond motifs is 2. The molecule has 2 N–H and O–H groups in total. The van der Waals surface area contributed by atoms with Gasteiger partial charge >= 0.3 is 0 Å². The van der Waals surface area contributed by atoms with Crippen molar-refractivity contribution in [3.63, 3.8) is 0 Å². The van der Waals surface area contributed by atoms with E-state index in [1.165, 1.54) is 12.0 Å². The van der Waals surface area contributed by atoms with Crippen LogP contribution in [-0.2, 0) is 0 Å². The predicted molar refractivity (Wildman–Crippen MR) is 102 cm³/mol. The van der Waals surface area contributed by atoms with Gasteiger partial charge in [-0.15, -0.1) is 0 Å². The number of hydrazone groups is 1. The molecule has 2 bridgehead atoms. The van der Waals surface area contributed by atoms with Crippen LogP contribution in [-0.4, -0.2) is 17.9 Å².